The maximum absolute atomic E-state index is 11.8. The summed E-state index contributed by atoms with van der Waals surface area (Å²) in [6.45, 7) is 1.71. The zero-order valence-electron chi connectivity index (χ0n) is 12.0. The van der Waals surface area contributed by atoms with Crippen LogP contribution in [0.5, 0.6) is 11.5 Å². The average molecular weight is 316 g/mol. The van der Waals surface area contributed by atoms with Crippen LogP contribution in [0.1, 0.15) is 10.6 Å². The zero-order valence-corrected chi connectivity index (χ0v) is 12.8. The van der Waals surface area contributed by atoms with Gasteiger partial charge in [0.1, 0.15) is 13.2 Å². The van der Waals surface area contributed by atoms with Crippen LogP contribution in [0.15, 0.2) is 35.9 Å². The van der Waals surface area contributed by atoms with Crippen LogP contribution in [-0.4, -0.2) is 30.6 Å². The van der Waals surface area contributed by atoms with E-state index >= 15 is 0 Å². The first-order valence-electron chi connectivity index (χ1n) is 7.05. The number of aromatic nitrogens is 1. The summed E-state index contributed by atoms with van der Waals surface area (Å²) >= 11 is 1.59. The quantitative estimate of drug-likeness (QED) is 0.860. The fraction of sp³-hybridized carbons (Fsp3) is 0.250. The van der Waals surface area contributed by atoms with Crippen molar-refractivity contribution in [1.29, 1.82) is 0 Å². The molecule has 1 aliphatic heterocycles. The van der Waals surface area contributed by atoms with E-state index < -0.39 is 0 Å². The Labute approximate surface area is 132 Å². The van der Waals surface area contributed by atoms with Crippen LogP contribution in [0.2, 0.25) is 0 Å². The minimum absolute atomic E-state index is 0.119. The number of fused-ring (bicyclic) bond motifs is 1. The molecule has 1 aromatic carbocycles. The Morgan fingerprint density at radius 1 is 1.32 bits per heavy atom. The number of carbonyl (C=O) groups is 1. The Balaban J connectivity index is 1.51. The van der Waals surface area contributed by atoms with Crippen LogP contribution < -0.4 is 14.8 Å². The lowest BCUT2D eigenvalue weighted by molar-refractivity contribution is -0.116. The molecular formula is C16H16N2O3S. The molecule has 6 heteroatoms. The van der Waals surface area contributed by atoms with Crippen LogP contribution in [-0.2, 0) is 11.2 Å². The van der Waals surface area contributed by atoms with E-state index in [1.54, 1.807) is 23.6 Å². The van der Waals surface area contributed by atoms with Gasteiger partial charge in [-0.3, -0.25) is 4.79 Å². The summed E-state index contributed by atoms with van der Waals surface area (Å²) < 4.78 is 11.0. The molecule has 3 rings (SSSR count). The fourth-order valence-corrected chi connectivity index (χ4v) is 2.68. The Morgan fingerprint density at radius 2 is 2.18 bits per heavy atom. The normalized spacial score (nSPS) is 13.3. The predicted molar refractivity (Wildman–Crippen MR) is 85.3 cm³/mol. The second kappa shape index (κ2) is 7.09. The van der Waals surface area contributed by atoms with Gasteiger partial charge in [-0.15, -0.1) is 11.3 Å². The van der Waals surface area contributed by atoms with Crippen LogP contribution >= 0.6 is 11.3 Å². The average Bonchev–Trinajstić information content (AvgIpc) is 3.06. The third-order valence-electron chi connectivity index (χ3n) is 3.11. The topological polar surface area (TPSA) is 60.5 Å². The standard InChI is InChI=1S/C16H16N2O3S/c19-15(17-6-5-16-18-7-10-22-16)4-2-12-1-3-13-14(11-12)21-9-8-20-13/h1-4,7,10-11H,5-6,8-9H2,(H,17,19)/b4-2+. The van der Waals surface area contributed by atoms with E-state index in [9.17, 15) is 4.79 Å². The Hall–Kier alpha value is -2.34. The number of amides is 1. The lowest BCUT2D eigenvalue weighted by atomic mass is 10.2. The molecule has 1 N–H and O–H groups in total. The van der Waals surface area contributed by atoms with Crippen molar-refractivity contribution in [1.82, 2.24) is 10.3 Å². The van der Waals surface area contributed by atoms with E-state index in [0.717, 1.165) is 28.5 Å². The molecule has 0 radical (unpaired) electrons. The molecule has 0 saturated carbocycles. The molecule has 5 nitrogen and oxygen atoms in total. The second-order valence-electron chi connectivity index (χ2n) is 4.70. The van der Waals surface area contributed by atoms with Gasteiger partial charge in [0, 0.05) is 30.6 Å². The van der Waals surface area contributed by atoms with Crippen molar-refractivity contribution in [2.24, 2.45) is 0 Å². The van der Waals surface area contributed by atoms with Gasteiger partial charge in [-0.25, -0.2) is 4.98 Å². The molecule has 0 atom stereocenters. The molecule has 114 valence electrons. The smallest absolute Gasteiger partial charge is 0.244 e. The number of benzene rings is 1. The van der Waals surface area contributed by atoms with Crippen LogP contribution in [0.4, 0.5) is 0 Å². The number of carbonyl (C=O) groups excluding carboxylic acids is 1. The van der Waals surface area contributed by atoms with Gasteiger partial charge in [0.25, 0.3) is 0 Å². The van der Waals surface area contributed by atoms with Crippen LogP contribution in [0.25, 0.3) is 6.08 Å². The number of nitrogens with zero attached hydrogens (tertiary/aromatic N) is 1. The summed E-state index contributed by atoms with van der Waals surface area (Å²) in [6, 6.07) is 5.62. The summed E-state index contributed by atoms with van der Waals surface area (Å²) in [6.07, 6.45) is 5.80. The van der Waals surface area contributed by atoms with Gasteiger partial charge in [-0.2, -0.15) is 0 Å². The van der Waals surface area contributed by atoms with Gasteiger partial charge >= 0.3 is 0 Å². The van der Waals surface area contributed by atoms with Crippen molar-refractivity contribution in [2.75, 3.05) is 19.8 Å². The van der Waals surface area contributed by atoms with E-state index in [-0.39, 0.29) is 5.91 Å². The van der Waals surface area contributed by atoms with E-state index in [2.05, 4.69) is 10.3 Å². The SMILES string of the molecule is O=C(/C=C/c1ccc2c(c1)OCCO2)NCCc1nccs1. The lowest BCUT2D eigenvalue weighted by Crippen LogP contribution is -2.23. The molecular weight excluding hydrogens is 300 g/mol. The van der Waals surface area contributed by atoms with E-state index in [1.165, 1.54) is 6.08 Å². The minimum Gasteiger partial charge on any atom is -0.486 e. The van der Waals surface area contributed by atoms with Crippen molar-refractivity contribution in [3.8, 4) is 11.5 Å². The molecule has 0 saturated heterocycles. The molecule has 1 aliphatic rings. The van der Waals surface area contributed by atoms with Crippen molar-refractivity contribution in [3.63, 3.8) is 0 Å². The minimum atomic E-state index is -0.119. The first kappa shape index (κ1) is 14.6. The molecule has 1 aromatic heterocycles. The number of ether oxygens (including phenoxy) is 2. The van der Waals surface area contributed by atoms with Crippen molar-refractivity contribution >= 4 is 23.3 Å². The van der Waals surface area contributed by atoms with Crippen molar-refractivity contribution in [2.45, 2.75) is 6.42 Å². The first-order chi connectivity index (χ1) is 10.8. The van der Waals surface area contributed by atoms with Gasteiger partial charge in [0.2, 0.25) is 5.91 Å². The van der Waals surface area contributed by atoms with E-state index in [0.29, 0.717) is 19.8 Å². The van der Waals surface area contributed by atoms with E-state index in [4.69, 9.17) is 9.47 Å². The summed E-state index contributed by atoms with van der Waals surface area (Å²) in [5.74, 6) is 1.35. The summed E-state index contributed by atoms with van der Waals surface area (Å²) in [5.41, 5.74) is 0.902. The number of thiazole rings is 1. The largest absolute Gasteiger partial charge is 0.486 e. The third-order valence-corrected chi connectivity index (χ3v) is 3.95. The number of rotatable bonds is 5. The molecule has 2 heterocycles. The predicted octanol–water partition coefficient (Wildman–Crippen LogP) is 2.29. The maximum atomic E-state index is 11.8. The highest BCUT2D eigenvalue weighted by atomic mass is 32.1. The fourth-order valence-electron chi connectivity index (χ4n) is 2.06. The Bertz CT molecular complexity index is 668. The molecule has 22 heavy (non-hydrogen) atoms. The Kier molecular flexibility index (Phi) is 4.70. The second-order valence-corrected chi connectivity index (χ2v) is 5.68. The van der Waals surface area contributed by atoms with Gasteiger partial charge in [0.15, 0.2) is 11.5 Å². The highest BCUT2D eigenvalue weighted by Crippen LogP contribution is 2.30. The summed E-state index contributed by atoms with van der Waals surface area (Å²) in [7, 11) is 0. The van der Waals surface area contributed by atoms with Crippen LogP contribution in [0, 0.1) is 0 Å². The van der Waals surface area contributed by atoms with E-state index in [1.807, 2.05) is 23.6 Å². The first-order valence-corrected chi connectivity index (χ1v) is 7.93. The molecule has 0 spiro atoms. The molecule has 0 bridgehead atoms. The highest BCUT2D eigenvalue weighted by molar-refractivity contribution is 7.09. The van der Waals surface area contributed by atoms with Gasteiger partial charge in [0.05, 0.1) is 5.01 Å². The zero-order chi connectivity index (χ0) is 15.2. The number of nitrogens with one attached hydrogen (secondary N) is 1. The molecule has 0 aliphatic carbocycles. The van der Waals surface area contributed by atoms with Crippen LogP contribution in [0.3, 0.4) is 0 Å². The highest BCUT2D eigenvalue weighted by Gasteiger charge is 2.10. The molecule has 1 amide bonds. The van der Waals surface area contributed by atoms with Gasteiger partial charge in [-0.05, 0) is 23.8 Å². The summed E-state index contributed by atoms with van der Waals surface area (Å²) in [5, 5.41) is 5.79. The Morgan fingerprint density at radius 3 is 3.00 bits per heavy atom. The maximum Gasteiger partial charge on any atom is 0.244 e. The van der Waals surface area contributed by atoms with Gasteiger partial charge in [-0.1, -0.05) is 6.07 Å². The number of hydrogen-bond acceptors (Lipinski definition) is 5. The monoisotopic (exact) mass is 316 g/mol. The third kappa shape index (κ3) is 3.85. The van der Waals surface area contributed by atoms with Crippen molar-refractivity contribution < 1.29 is 14.3 Å². The number of hydrogen-bond donors (Lipinski definition) is 1. The molecule has 0 fully saturated rings. The molecule has 2 aromatic rings. The lowest BCUT2D eigenvalue weighted by Gasteiger charge is -2.18. The van der Waals surface area contributed by atoms with Gasteiger partial charge < -0.3 is 14.8 Å². The molecule has 0 unspecified atom stereocenters. The summed E-state index contributed by atoms with van der Waals surface area (Å²) in [4.78, 5) is 15.9. The van der Waals surface area contributed by atoms with Crippen molar-refractivity contribution in [3.05, 3.63) is 46.4 Å².